The highest BCUT2D eigenvalue weighted by Gasteiger charge is 2.26. The molecule has 8 heteroatoms. The van der Waals surface area contributed by atoms with Crippen molar-refractivity contribution < 1.29 is 18.4 Å². The molecule has 0 saturated carbocycles. The van der Waals surface area contributed by atoms with Crippen LogP contribution < -0.4 is 5.32 Å². The number of nitrogens with zero attached hydrogens (tertiary/aromatic N) is 2. The van der Waals surface area contributed by atoms with Gasteiger partial charge >= 0.3 is 0 Å². The Balaban J connectivity index is 1.60. The predicted octanol–water partition coefficient (Wildman–Crippen LogP) is 3.79. The molecule has 2 amide bonds. The van der Waals surface area contributed by atoms with Crippen molar-refractivity contribution >= 4 is 29.1 Å². The second-order valence-corrected chi connectivity index (χ2v) is 7.42. The predicted molar refractivity (Wildman–Crippen MR) is 108 cm³/mol. The minimum absolute atomic E-state index is 0.0896. The number of anilines is 1. The average molecular weight is 422 g/mol. The van der Waals surface area contributed by atoms with Gasteiger partial charge in [0.25, 0.3) is 5.91 Å². The van der Waals surface area contributed by atoms with Crippen LogP contribution in [0.15, 0.2) is 42.5 Å². The molecular weight excluding hydrogens is 400 g/mol. The van der Waals surface area contributed by atoms with Gasteiger partial charge in [-0.25, -0.2) is 8.78 Å². The van der Waals surface area contributed by atoms with Crippen LogP contribution in [0.1, 0.15) is 23.7 Å². The lowest BCUT2D eigenvalue weighted by Gasteiger charge is -2.27. The van der Waals surface area contributed by atoms with E-state index in [9.17, 15) is 18.4 Å². The van der Waals surface area contributed by atoms with E-state index in [1.165, 1.54) is 6.07 Å². The van der Waals surface area contributed by atoms with Gasteiger partial charge in [0.2, 0.25) is 5.91 Å². The molecule has 1 aliphatic rings. The molecule has 0 aliphatic carbocycles. The molecule has 1 aliphatic heterocycles. The number of amides is 2. The summed E-state index contributed by atoms with van der Waals surface area (Å²) in [4.78, 5) is 29.0. The van der Waals surface area contributed by atoms with Gasteiger partial charge in [0.05, 0.1) is 6.04 Å². The fourth-order valence-corrected chi connectivity index (χ4v) is 3.51. The molecule has 2 aromatic rings. The third kappa shape index (κ3) is 5.31. The van der Waals surface area contributed by atoms with Crippen molar-refractivity contribution in [3.8, 4) is 0 Å². The van der Waals surface area contributed by atoms with Crippen molar-refractivity contribution in [2.45, 2.75) is 19.4 Å². The number of benzene rings is 2. The second-order valence-electron chi connectivity index (χ2n) is 6.99. The number of hydrogen-bond acceptors (Lipinski definition) is 3. The van der Waals surface area contributed by atoms with Gasteiger partial charge in [0, 0.05) is 48.5 Å². The van der Waals surface area contributed by atoms with E-state index in [-0.39, 0.29) is 17.5 Å². The van der Waals surface area contributed by atoms with Gasteiger partial charge in [-0.05, 0) is 43.7 Å². The monoisotopic (exact) mass is 421 g/mol. The van der Waals surface area contributed by atoms with Gasteiger partial charge in [0.1, 0.15) is 0 Å². The average Bonchev–Trinajstić information content (AvgIpc) is 2.96. The highest BCUT2D eigenvalue weighted by molar-refractivity contribution is 6.30. The maximum Gasteiger partial charge on any atom is 0.253 e. The van der Waals surface area contributed by atoms with Crippen molar-refractivity contribution in [3.05, 3.63) is 64.7 Å². The molecule has 2 aromatic carbocycles. The highest BCUT2D eigenvalue weighted by Crippen LogP contribution is 2.17. The topological polar surface area (TPSA) is 52.7 Å². The van der Waals surface area contributed by atoms with E-state index >= 15 is 0 Å². The molecule has 1 fully saturated rings. The van der Waals surface area contributed by atoms with Gasteiger partial charge in [-0.1, -0.05) is 17.7 Å². The summed E-state index contributed by atoms with van der Waals surface area (Å²) in [5.41, 5.74) is 0.739. The standard InChI is InChI=1S/C21H22ClF2N3O2/c1-14(20(28)25-17-6-7-18(23)19(24)13-17)26-8-3-9-27(11-10-26)21(29)15-4-2-5-16(22)12-15/h2,4-7,12-14H,3,8-11H2,1H3,(H,25,28). The molecule has 154 valence electrons. The number of nitrogens with one attached hydrogen (secondary N) is 1. The Morgan fingerprint density at radius 3 is 2.55 bits per heavy atom. The lowest BCUT2D eigenvalue weighted by molar-refractivity contribution is -0.120. The zero-order chi connectivity index (χ0) is 21.0. The molecule has 1 unspecified atom stereocenters. The minimum atomic E-state index is -1.01. The molecule has 1 heterocycles. The van der Waals surface area contributed by atoms with Crippen LogP contribution in [-0.4, -0.2) is 53.8 Å². The van der Waals surface area contributed by atoms with Crippen LogP contribution in [0.5, 0.6) is 0 Å². The van der Waals surface area contributed by atoms with Crippen molar-refractivity contribution in [2.75, 3.05) is 31.5 Å². The van der Waals surface area contributed by atoms with Crippen LogP contribution in [0.4, 0.5) is 14.5 Å². The maximum absolute atomic E-state index is 13.3. The van der Waals surface area contributed by atoms with E-state index in [2.05, 4.69) is 5.32 Å². The Morgan fingerprint density at radius 1 is 1.03 bits per heavy atom. The molecule has 0 radical (unpaired) electrons. The van der Waals surface area contributed by atoms with E-state index in [0.29, 0.717) is 36.8 Å². The first-order chi connectivity index (χ1) is 13.8. The first-order valence-corrected chi connectivity index (χ1v) is 9.78. The smallest absolute Gasteiger partial charge is 0.253 e. The van der Waals surface area contributed by atoms with Crippen LogP contribution >= 0.6 is 11.6 Å². The fraction of sp³-hybridized carbons (Fsp3) is 0.333. The molecule has 0 aromatic heterocycles. The van der Waals surface area contributed by atoms with Crippen LogP contribution in [0.3, 0.4) is 0 Å². The summed E-state index contributed by atoms with van der Waals surface area (Å²) in [7, 11) is 0. The van der Waals surface area contributed by atoms with E-state index in [0.717, 1.165) is 18.6 Å². The number of hydrogen-bond donors (Lipinski definition) is 1. The van der Waals surface area contributed by atoms with E-state index in [4.69, 9.17) is 11.6 Å². The summed E-state index contributed by atoms with van der Waals surface area (Å²) in [6, 6.07) is 9.59. The van der Waals surface area contributed by atoms with Crippen LogP contribution in [0.2, 0.25) is 5.02 Å². The molecule has 1 atom stereocenters. The van der Waals surface area contributed by atoms with E-state index < -0.39 is 17.7 Å². The molecule has 1 N–H and O–H groups in total. The first kappa shape index (κ1) is 21.2. The summed E-state index contributed by atoms with van der Waals surface area (Å²) in [5, 5.41) is 3.12. The molecule has 1 saturated heterocycles. The quantitative estimate of drug-likeness (QED) is 0.817. The van der Waals surface area contributed by atoms with Gasteiger partial charge < -0.3 is 10.2 Å². The number of rotatable bonds is 4. The normalized spacial score (nSPS) is 16.2. The van der Waals surface area contributed by atoms with Crippen LogP contribution in [0.25, 0.3) is 0 Å². The molecular formula is C21H22ClF2N3O2. The fourth-order valence-electron chi connectivity index (χ4n) is 3.32. The van der Waals surface area contributed by atoms with Crippen molar-refractivity contribution in [3.63, 3.8) is 0 Å². The third-order valence-electron chi connectivity index (χ3n) is 5.00. The summed E-state index contributed by atoms with van der Waals surface area (Å²) >= 11 is 5.98. The van der Waals surface area contributed by atoms with Crippen molar-refractivity contribution in [1.29, 1.82) is 0 Å². The number of carbonyl (C=O) groups is 2. The van der Waals surface area contributed by atoms with Crippen molar-refractivity contribution in [1.82, 2.24) is 9.80 Å². The molecule has 5 nitrogen and oxygen atoms in total. The molecule has 3 rings (SSSR count). The lowest BCUT2D eigenvalue weighted by Crippen LogP contribution is -2.44. The van der Waals surface area contributed by atoms with Crippen molar-refractivity contribution in [2.24, 2.45) is 0 Å². The Labute approximate surface area is 173 Å². The van der Waals surface area contributed by atoms with Gasteiger partial charge in [-0.3, -0.25) is 14.5 Å². The molecule has 0 bridgehead atoms. The summed E-state index contributed by atoms with van der Waals surface area (Å²) < 4.78 is 26.4. The van der Waals surface area contributed by atoms with Gasteiger partial charge in [-0.15, -0.1) is 0 Å². The Morgan fingerprint density at radius 2 is 1.83 bits per heavy atom. The highest BCUT2D eigenvalue weighted by atomic mass is 35.5. The van der Waals surface area contributed by atoms with Gasteiger partial charge in [-0.2, -0.15) is 0 Å². The summed E-state index contributed by atoms with van der Waals surface area (Å²) in [5.74, 6) is -2.38. The molecule has 29 heavy (non-hydrogen) atoms. The summed E-state index contributed by atoms with van der Waals surface area (Å²) in [6.07, 6.45) is 0.717. The Hall–Kier alpha value is -2.51. The van der Waals surface area contributed by atoms with Crippen LogP contribution in [0, 0.1) is 11.6 Å². The summed E-state index contributed by atoms with van der Waals surface area (Å²) in [6.45, 7) is 3.99. The first-order valence-electron chi connectivity index (χ1n) is 9.40. The van der Waals surface area contributed by atoms with E-state index in [1.54, 1.807) is 36.1 Å². The van der Waals surface area contributed by atoms with Gasteiger partial charge in [0.15, 0.2) is 11.6 Å². The second kappa shape index (κ2) is 9.33. The Bertz CT molecular complexity index is 909. The molecule has 0 spiro atoms. The lowest BCUT2D eigenvalue weighted by atomic mass is 10.2. The zero-order valence-corrected chi connectivity index (χ0v) is 16.8. The minimum Gasteiger partial charge on any atom is -0.337 e. The maximum atomic E-state index is 13.3. The number of carbonyl (C=O) groups excluding carboxylic acids is 2. The zero-order valence-electron chi connectivity index (χ0n) is 16.0. The third-order valence-corrected chi connectivity index (χ3v) is 5.24. The van der Waals surface area contributed by atoms with E-state index in [1.807, 2.05) is 4.90 Å². The number of halogens is 3. The van der Waals surface area contributed by atoms with Crippen LogP contribution in [-0.2, 0) is 4.79 Å². The Kier molecular flexibility index (Phi) is 6.82. The SMILES string of the molecule is CC(C(=O)Nc1ccc(F)c(F)c1)N1CCCN(C(=O)c2cccc(Cl)c2)CC1. The largest absolute Gasteiger partial charge is 0.337 e.